The zero-order valence-electron chi connectivity index (χ0n) is 11.1. The molecule has 0 saturated heterocycles. The van der Waals surface area contributed by atoms with Gasteiger partial charge < -0.3 is 9.73 Å². The van der Waals surface area contributed by atoms with Crippen molar-refractivity contribution in [1.29, 1.82) is 0 Å². The third-order valence-corrected chi connectivity index (χ3v) is 3.14. The molecule has 0 unspecified atom stereocenters. The van der Waals surface area contributed by atoms with E-state index in [4.69, 9.17) is 4.42 Å². The molecule has 0 atom stereocenters. The monoisotopic (exact) mass is 286 g/mol. The second-order valence-corrected chi connectivity index (χ2v) is 4.57. The first-order chi connectivity index (χ1) is 10.0. The topological polar surface area (TPSA) is 64.2 Å². The van der Waals surface area contributed by atoms with Crippen molar-refractivity contribution in [3.05, 3.63) is 64.4 Å². The summed E-state index contributed by atoms with van der Waals surface area (Å²) in [5.74, 6) is -1.39. The maximum absolute atomic E-state index is 13.1. The number of oxazole rings is 1. The normalized spacial score (nSPS) is 10.8. The smallest absolute Gasteiger partial charge is 0.408 e. The molecule has 0 aliphatic heterocycles. The van der Waals surface area contributed by atoms with Gasteiger partial charge in [-0.3, -0.25) is 9.36 Å². The third kappa shape index (κ3) is 2.43. The molecular formula is C15H11FN2O3. The van der Waals surface area contributed by atoms with E-state index in [0.29, 0.717) is 16.8 Å². The van der Waals surface area contributed by atoms with Crippen LogP contribution in [0, 0.1) is 5.82 Å². The minimum atomic E-state index is -0.479. The highest BCUT2D eigenvalue weighted by Crippen LogP contribution is 2.18. The van der Waals surface area contributed by atoms with Crippen molar-refractivity contribution >= 4 is 22.7 Å². The number of hydrogen-bond acceptors (Lipinski definition) is 3. The largest absolute Gasteiger partial charge is 0.419 e. The Balaban J connectivity index is 1.91. The Morgan fingerprint density at radius 3 is 2.81 bits per heavy atom. The standard InChI is InChI=1S/C15H11FN2O3/c1-18-12-6-5-11(8-13(12)21-15(18)20)17-14(19)9-3-2-4-10(16)7-9/h2-8H,1H3,(H,17,19). The number of halogens is 1. The van der Waals surface area contributed by atoms with Crippen molar-refractivity contribution in [1.82, 2.24) is 4.57 Å². The second-order valence-electron chi connectivity index (χ2n) is 4.57. The van der Waals surface area contributed by atoms with Crippen molar-refractivity contribution in [2.45, 2.75) is 0 Å². The van der Waals surface area contributed by atoms with E-state index >= 15 is 0 Å². The number of nitrogens with one attached hydrogen (secondary N) is 1. The Bertz CT molecular complexity index is 895. The van der Waals surface area contributed by atoms with Crippen LogP contribution in [-0.2, 0) is 7.05 Å². The van der Waals surface area contributed by atoms with Gasteiger partial charge in [-0.1, -0.05) is 6.07 Å². The van der Waals surface area contributed by atoms with E-state index in [2.05, 4.69) is 5.32 Å². The lowest BCUT2D eigenvalue weighted by atomic mass is 10.2. The summed E-state index contributed by atoms with van der Waals surface area (Å²) in [6.45, 7) is 0. The van der Waals surface area contributed by atoms with Gasteiger partial charge in [-0.25, -0.2) is 9.18 Å². The summed E-state index contributed by atoms with van der Waals surface area (Å²) in [5.41, 5.74) is 1.68. The van der Waals surface area contributed by atoms with E-state index in [9.17, 15) is 14.0 Å². The summed E-state index contributed by atoms with van der Waals surface area (Å²) in [7, 11) is 1.60. The van der Waals surface area contributed by atoms with Crippen LogP contribution in [0.5, 0.6) is 0 Å². The summed E-state index contributed by atoms with van der Waals surface area (Å²) >= 11 is 0. The van der Waals surface area contributed by atoms with Crippen molar-refractivity contribution in [3.8, 4) is 0 Å². The van der Waals surface area contributed by atoms with Gasteiger partial charge in [0.25, 0.3) is 5.91 Å². The van der Waals surface area contributed by atoms with Gasteiger partial charge in [0.15, 0.2) is 5.58 Å². The zero-order chi connectivity index (χ0) is 15.0. The van der Waals surface area contributed by atoms with Crippen LogP contribution >= 0.6 is 0 Å². The Hall–Kier alpha value is -2.89. The lowest BCUT2D eigenvalue weighted by molar-refractivity contribution is 0.102. The molecule has 1 heterocycles. The van der Waals surface area contributed by atoms with E-state index in [1.807, 2.05) is 0 Å². The van der Waals surface area contributed by atoms with Gasteiger partial charge in [-0.2, -0.15) is 0 Å². The number of aryl methyl sites for hydroxylation is 1. The average Bonchev–Trinajstić information content (AvgIpc) is 2.73. The molecule has 0 saturated carbocycles. The number of fused-ring (bicyclic) bond motifs is 1. The molecule has 1 amide bonds. The van der Waals surface area contributed by atoms with Crippen LogP contribution in [0.3, 0.4) is 0 Å². The molecule has 0 spiro atoms. The maximum atomic E-state index is 13.1. The minimum Gasteiger partial charge on any atom is -0.408 e. The summed E-state index contributed by atoms with van der Waals surface area (Å²) in [4.78, 5) is 23.4. The summed E-state index contributed by atoms with van der Waals surface area (Å²) < 4.78 is 19.5. The Morgan fingerprint density at radius 1 is 1.24 bits per heavy atom. The SMILES string of the molecule is Cn1c(=O)oc2cc(NC(=O)c3cccc(F)c3)ccc21. The molecule has 0 aliphatic carbocycles. The molecule has 5 nitrogen and oxygen atoms in total. The number of anilines is 1. The number of rotatable bonds is 2. The quantitative estimate of drug-likeness (QED) is 0.787. The number of amides is 1. The van der Waals surface area contributed by atoms with E-state index in [1.54, 1.807) is 25.2 Å². The Kier molecular flexibility index (Phi) is 3.06. The number of aromatic nitrogens is 1. The van der Waals surface area contributed by atoms with Crippen LogP contribution in [0.1, 0.15) is 10.4 Å². The molecule has 3 rings (SSSR count). The molecule has 1 N–H and O–H groups in total. The molecule has 6 heteroatoms. The van der Waals surface area contributed by atoms with Crippen LogP contribution in [0.2, 0.25) is 0 Å². The maximum Gasteiger partial charge on any atom is 0.419 e. The van der Waals surface area contributed by atoms with Crippen LogP contribution in [0.15, 0.2) is 51.7 Å². The van der Waals surface area contributed by atoms with Crippen molar-refractivity contribution in [2.75, 3.05) is 5.32 Å². The van der Waals surface area contributed by atoms with Gasteiger partial charge in [0.05, 0.1) is 5.52 Å². The number of carbonyl (C=O) groups excluding carboxylic acids is 1. The van der Waals surface area contributed by atoms with E-state index in [0.717, 1.165) is 6.07 Å². The molecular weight excluding hydrogens is 275 g/mol. The van der Waals surface area contributed by atoms with Gasteiger partial charge in [0.1, 0.15) is 5.82 Å². The lowest BCUT2D eigenvalue weighted by Crippen LogP contribution is -2.12. The van der Waals surface area contributed by atoms with Gasteiger partial charge in [0, 0.05) is 24.4 Å². The van der Waals surface area contributed by atoms with Crippen LogP contribution < -0.4 is 11.1 Å². The fraction of sp³-hybridized carbons (Fsp3) is 0.0667. The summed E-state index contributed by atoms with van der Waals surface area (Å²) in [6, 6.07) is 10.3. The average molecular weight is 286 g/mol. The molecule has 106 valence electrons. The first-order valence-electron chi connectivity index (χ1n) is 6.21. The molecule has 3 aromatic rings. The van der Waals surface area contributed by atoms with Gasteiger partial charge in [-0.15, -0.1) is 0 Å². The van der Waals surface area contributed by atoms with E-state index < -0.39 is 17.5 Å². The van der Waals surface area contributed by atoms with E-state index in [-0.39, 0.29) is 5.56 Å². The van der Waals surface area contributed by atoms with Crippen molar-refractivity contribution in [3.63, 3.8) is 0 Å². The highest BCUT2D eigenvalue weighted by molar-refractivity contribution is 6.04. The Morgan fingerprint density at radius 2 is 2.05 bits per heavy atom. The van der Waals surface area contributed by atoms with Crippen molar-refractivity contribution in [2.24, 2.45) is 7.05 Å². The summed E-state index contributed by atoms with van der Waals surface area (Å²) in [6.07, 6.45) is 0. The number of nitrogens with zero attached hydrogens (tertiary/aromatic N) is 1. The fourth-order valence-corrected chi connectivity index (χ4v) is 2.04. The molecule has 0 radical (unpaired) electrons. The highest BCUT2D eigenvalue weighted by Gasteiger charge is 2.10. The highest BCUT2D eigenvalue weighted by atomic mass is 19.1. The first-order valence-corrected chi connectivity index (χ1v) is 6.21. The fourth-order valence-electron chi connectivity index (χ4n) is 2.04. The van der Waals surface area contributed by atoms with Gasteiger partial charge in [-0.05, 0) is 30.3 Å². The number of hydrogen-bond donors (Lipinski definition) is 1. The van der Waals surface area contributed by atoms with Gasteiger partial charge in [0.2, 0.25) is 0 Å². The van der Waals surface area contributed by atoms with Crippen LogP contribution in [0.4, 0.5) is 10.1 Å². The third-order valence-electron chi connectivity index (χ3n) is 3.14. The van der Waals surface area contributed by atoms with Crippen molar-refractivity contribution < 1.29 is 13.6 Å². The second kappa shape index (κ2) is 4.90. The predicted molar refractivity (Wildman–Crippen MR) is 75.8 cm³/mol. The Labute approximate surface area is 118 Å². The van der Waals surface area contributed by atoms with Gasteiger partial charge >= 0.3 is 5.76 Å². The molecule has 0 aliphatic rings. The van der Waals surface area contributed by atoms with Crippen LogP contribution in [-0.4, -0.2) is 10.5 Å². The lowest BCUT2D eigenvalue weighted by Gasteiger charge is -2.05. The van der Waals surface area contributed by atoms with E-state index in [1.165, 1.54) is 22.8 Å². The van der Waals surface area contributed by atoms with Crippen LogP contribution in [0.25, 0.3) is 11.1 Å². The number of benzene rings is 2. The predicted octanol–water partition coefficient (Wildman–Crippen LogP) is 2.52. The molecule has 0 bridgehead atoms. The first kappa shape index (κ1) is 13.1. The molecule has 1 aromatic heterocycles. The molecule has 0 fully saturated rings. The zero-order valence-corrected chi connectivity index (χ0v) is 11.1. The minimum absolute atomic E-state index is 0.213. The number of carbonyl (C=O) groups is 1. The molecule has 2 aromatic carbocycles. The molecule has 21 heavy (non-hydrogen) atoms. The summed E-state index contributed by atoms with van der Waals surface area (Å²) in [5, 5.41) is 2.63.